The fourth-order valence-corrected chi connectivity index (χ4v) is 2.22. The fraction of sp³-hybridized carbons (Fsp3) is 0.769. The summed E-state index contributed by atoms with van der Waals surface area (Å²) in [6, 6.07) is 0. The van der Waals surface area contributed by atoms with Gasteiger partial charge in [0.1, 0.15) is 0 Å². The van der Waals surface area contributed by atoms with Crippen molar-refractivity contribution < 1.29 is 9.53 Å². The van der Waals surface area contributed by atoms with Crippen LogP contribution in [0.1, 0.15) is 31.3 Å². The van der Waals surface area contributed by atoms with Crippen LogP contribution in [0.25, 0.3) is 0 Å². The Morgan fingerprint density at radius 1 is 1.45 bits per heavy atom. The number of hydrogen-bond donors (Lipinski definition) is 1. The average Bonchev–Trinajstić information content (AvgIpc) is 2.95. The summed E-state index contributed by atoms with van der Waals surface area (Å²) >= 11 is 0. The highest BCUT2D eigenvalue weighted by atomic mass is 16.5. The Morgan fingerprint density at radius 2 is 2.15 bits per heavy atom. The van der Waals surface area contributed by atoms with Crippen molar-refractivity contribution >= 4 is 5.91 Å². The molecule has 112 valence electrons. The van der Waals surface area contributed by atoms with Crippen LogP contribution >= 0.6 is 0 Å². The van der Waals surface area contributed by atoms with Crippen molar-refractivity contribution in [2.45, 2.75) is 32.9 Å². The van der Waals surface area contributed by atoms with Gasteiger partial charge in [0.15, 0.2) is 5.69 Å². The first-order valence-electron chi connectivity index (χ1n) is 7.04. The van der Waals surface area contributed by atoms with Gasteiger partial charge in [-0.1, -0.05) is 0 Å². The Balaban J connectivity index is 1.88. The van der Waals surface area contributed by atoms with Gasteiger partial charge in [0.25, 0.3) is 5.91 Å². The number of ether oxygens (including phenoxy) is 1. The topological polar surface area (TPSA) is 72.3 Å². The van der Waals surface area contributed by atoms with Crippen LogP contribution in [0.4, 0.5) is 0 Å². The lowest BCUT2D eigenvalue weighted by molar-refractivity contribution is -0.00924. The first-order valence-corrected chi connectivity index (χ1v) is 7.04. The molecule has 0 saturated carbocycles. The normalized spacial score (nSPS) is 17.1. The Kier molecular flexibility index (Phi) is 4.72. The van der Waals surface area contributed by atoms with E-state index in [0.29, 0.717) is 18.8 Å². The van der Waals surface area contributed by atoms with Gasteiger partial charge in [0.05, 0.1) is 26.0 Å². The van der Waals surface area contributed by atoms with Crippen LogP contribution in [-0.4, -0.2) is 64.2 Å². The van der Waals surface area contributed by atoms with E-state index in [1.54, 1.807) is 0 Å². The standard InChI is InChI=1S/C13H23N5O2/c1-4-18-15-9-11(16-18)12(19)14-10-13(2,3)17-5-7-20-8-6-17/h9H,4-8,10H2,1-3H3,(H,14,19). The van der Waals surface area contributed by atoms with Gasteiger partial charge in [-0.05, 0) is 20.8 Å². The molecule has 1 aliphatic rings. The number of carbonyl (C=O) groups is 1. The van der Waals surface area contributed by atoms with Gasteiger partial charge in [-0.3, -0.25) is 9.69 Å². The molecule has 20 heavy (non-hydrogen) atoms. The van der Waals surface area contributed by atoms with Crippen LogP contribution in [0.15, 0.2) is 6.20 Å². The van der Waals surface area contributed by atoms with Crippen molar-refractivity contribution in [3.05, 3.63) is 11.9 Å². The molecule has 0 bridgehead atoms. The number of nitrogens with one attached hydrogen (secondary N) is 1. The van der Waals surface area contributed by atoms with Crippen LogP contribution in [0.3, 0.4) is 0 Å². The summed E-state index contributed by atoms with van der Waals surface area (Å²) in [5.41, 5.74) is 0.268. The molecule has 2 heterocycles. The summed E-state index contributed by atoms with van der Waals surface area (Å²) in [7, 11) is 0. The largest absolute Gasteiger partial charge is 0.379 e. The molecule has 0 aromatic carbocycles. The molecule has 1 aromatic heterocycles. The van der Waals surface area contributed by atoms with Crippen molar-refractivity contribution in [3.63, 3.8) is 0 Å². The van der Waals surface area contributed by atoms with Gasteiger partial charge in [0, 0.05) is 25.2 Å². The van der Waals surface area contributed by atoms with E-state index in [0.717, 1.165) is 26.3 Å². The predicted molar refractivity (Wildman–Crippen MR) is 74.5 cm³/mol. The van der Waals surface area contributed by atoms with E-state index >= 15 is 0 Å². The summed E-state index contributed by atoms with van der Waals surface area (Å²) in [6.07, 6.45) is 1.50. The molecule has 1 saturated heterocycles. The second kappa shape index (κ2) is 6.32. The van der Waals surface area contributed by atoms with Gasteiger partial charge in [-0.15, -0.1) is 5.10 Å². The predicted octanol–water partition coefficient (Wildman–Crippen LogP) is 0.139. The van der Waals surface area contributed by atoms with Crippen molar-refractivity contribution in [3.8, 4) is 0 Å². The molecule has 1 aromatic rings. The molecule has 0 aliphatic carbocycles. The first-order chi connectivity index (χ1) is 9.53. The third-order valence-electron chi connectivity index (χ3n) is 3.60. The highest BCUT2D eigenvalue weighted by Gasteiger charge is 2.28. The Labute approximate surface area is 119 Å². The van der Waals surface area contributed by atoms with Gasteiger partial charge in [-0.25, -0.2) is 0 Å². The van der Waals surface area contributed by atoms with E-state index in [9.17, 15) is 4.79 Å². The summed E-state index contributed by atoms with van der Waals surface area (Å²) in [4.78, 5) is 15.9. The van der Waals surface area contributed by atoms with Crippen molar-refractivity contribution in [1.29, 1.82) is 0 Å². The molecule has 7 heteroatoms. The molecule has 7 nitrogen and oxygen atoms in total. The lowest BCUT2D eigenvalue weighted by Crippen LogP contribution is -2.55. The molecule has 0 atom stereocenters. The lowest BCUT2D eigenvalue weighted by atomic mass is 10.0. The number of aryl methyl sites for hydroxylation is 1. The molecular weight excluding hydrogens is 258 g/mol. The maximum absolute atomic E-state index is 12.0. The summed E-state index contributed by atoms with van der Waals surface area (Å²) in [5, 5.41) is 11.0. The zero-order valence-corrected chi connectivity index (χ0v) is 12.4. The monoisotopic (exact) mass is 281 g/mol. The fourth-order valence-electron chi connectivity index (χ4n) is 2.22. The van der Waals surface area contributed by atoms with Crippen molar-refractivity contribution in [2.24, 2.45) is 0 Å². The Morgan fingerprint density at radius 3 is 2.75 bits per heavy atom. The second-order valence-corrected chi connectivity index (χ2v) is 5.51. The minimum Gasteiger partial charge on any atom is -0.379 e. The molecule has 0 spiro atoms. The number of hydrogen-bond acceptors (Lipinski definition) is 5. The van der Waals surface area contributed by atoms with Crippen molar-refractivity contribution in [2.75, 3.05) is 32.8 Å². The van der Waals surface area contributed by atoms with E-state index in [-0.39, 0.29) is 11.4 Å². The minimum atomic E-state index is -0.175. The van der Waals surface area contributed by atoms with E-state index < -0.39 is 0 Å². The third-order valence-corrected chi connectivity index (χ3v) is 3.60. The zero-order chi connectivity index (χ0) is 14.6. The van der Waals surface area contributed by atoms with Crippen LogP contribution < -0.4 is 5.32 Å². The van der Waals surface area contributed by atoms with Gasteiger partial charge < -0.3 is 10.1 Å². The number of morpholine rings is 1. The number of carbonyl (C=O) groups excluding carboxylic acids is 1. The quantitative estimate of drug-likeness (QED) is 0.831. The van der Waals surface area contributed by atoms with Crippen LogP contribution in [0, 0.1) is 0 Å². The second-order valence-electron chi connectivity index (χ2n) is 5.51. The van der Waals surface area contributed by atoms with Crippen LogP contribution in [-0.2, 0) is 11.3 Å². The Hall–Kier alpha value is -1.47. The summed E-state index contributed by atoms with van der Waals surface area (Å²) in [6.45, 7) is 10.7. The summed E-state index contributed by atoms with van der Waals surface area (Å²) in [5.74, 6) is -0.175. The maximum atomic E-state index is 12.0. The Bertz CT molecular complexity index is 451. The van der Waals surface area contributed by atoms with E-state index in [1.165, 1.54) is 11.0 Å². The molecule has 1 aliphatic heterocycles. The maximum Gasteiger partial charge on any atom is 0.273 e. The van der Waals surface area contributed by atoms with Crippen molar-refractivity contribution in [1.82, 2.24) is 25.2 Å². The average molecular weight is 281 g/mol. The van der Waals surface area contributed by atoms with Crippen LogP contribution in [0.2, 0.25) is 0 Å². The lowest BCUT2D eigenvalue weighted by Gasteiger charge is -2.40. The number of amides is 1. The highest BCUT2D eigenvalue weighted by molar-refractivity contribution is 5.91. The SMILES string of the molecule is CCn1ncc(C(=O)NCC(C)(C)N2CCOCC2)n1. The highest BCUT2D eigenvalue weighted by Crippen LogP contribution is 2.15. The van der Waals surface area contributed by atoms with Gasteiger partial charge in [0.2, 0.25) is 0 Å². The third kappa shape index (κ3) is 3.55. The molecule has 0 radical (unpaired) electrons. The van der Waals surface area contributed by atoms with Gasteiger partial charge in [-0.2, -0.15) is 9.90 Å². The molecule has 1 fully saturated rings. The first kappa shape index (κ1) is 14.9. The smallest absolute Gasteiger partial charge is 0.273 e. The number of aromatic nitrogens is 3. The van der Waals surface area contributed by atoms with E-state index in [4.69, 9.17) is 4.74 Å². The van der Waals surface area contributed by atoms with Gasteiger partial charge >= 0.3 is 0 Å². The molecule has 2 rings (SSSR count). The molecular formula is C13H23N5O2. The molecule has 1 amide bonds. The molecule has 0 unspecified atom stereocenters. The van der Waals surface area contributed by atoms with E-state index in [1.807, 2.05) is 6.92 Å². The van der Waals surface area contributed by atoms with Crippen LogP contribution in [0.5, 0.6) is 0 Å². The number of rotatable bonds is 5. The number of nitrogens with zero attached hydrogens (tertiary/aromatic N) is 4. The molecule has 1 N–H and O–H groups in total. The zero-order valence-electron chi connectivity index (χ0n) is 12.4. The van der Waals surface area contributed by atoms with E-state index in [2.05, 4.69) is 34.3 Å². The minimum absolute atomic E-state index is 0.0970. The summed E-state index contributed by atoms with van der Waals surface area (Å²) < 4.78 is 5.35.